The van der Waals surface area contributed by atoms with Gasteiger partial charge in [-0.3, -0.25) is 0 Å². The highest BCUT2D eigenvalue weighted by atomic mass is 35.5. The Morgan fingerprint density at radius 2 is 2.22 bits per heavy atom. The van der Waals surface area contributed by atoms with E-state index in [-0.39, 0.29) is 5.38 Å². The van der Waals surface area contributed by atoms with Gasteiger partial charge in [-0.1, -0.05) is 12.1 Å². The molecular weight excluding hydrogens is 248 g/mol. The van der Waals surface area contributed by atoms with Crippen molar-refractivity contribution in [2.75, 3.05) is 13.7 Å². The van der Waals surface area contributed by atoms with Crippen molar-refractivity contribution in [2.45, 2.75) is 32.2 Å². The molecule has 0 fully saturated rings. The first-order valence-electron chi connectivity index (χ1n) is 6.24. The van der Waals surface area contributed by atoms with Crippen LogP contribution in [0.15, 0.2) is 18.2 Å². The SMILES string of the molecule is COCCCn1c(C(C)Cl)nc2cccc(C)c21. The van der Waals surface area contributed by atoms with Gasteiger partial charge in [-0.2, -0.15) is 0 Å². The fourth-order valence-electron chi connectivity index (χ4n) is 2.28. The number of aryl methyl sites for hydroxylation is 2. The molecule has 0 saturated carbocycles. The maximum atomic E-state index is 6.23. The van der Waals surface area contributed by atoms with Gasteiger partial charge in [0, 0.05) is 20.3 Å². The highest BCUT2D eigenvalue weighted by Gasteiger charge is 2.15. The lowest BCUT2D eigenvalue weighted by atomic mass is 10.2. The molecule has 4 heteroatoms. The van der Waals surface area contributed by atoms with E-state index in [1.165, 1.54) is 11.1 Å². The van der Waals surface area contributed by atoms with Crippen molar-refractivity contribution in [3.63, 3.8) is 0 Å². The number of fused-ring (bicyclic) bond motifs is 1. The summed E-state index contributed by atoms with van der Waals surface area (Å²) in [6.07, 6.45) is 0.965. The molecule has 1 heterocycles. The van der Waals surface area contributed by atoms with Gasteiger partial charge in [0.15, 0.2) is 0 Å². The minimum Gasteiger partial charge on any atom is -0.385 e. The zero-order valence-electron chi connectivity index (χ0n) is 11.1. The van der Waals surface area contributed by atoms with Crippen molar-refractivity contribution in [1.29, 1.82) is 0 Å². The Morgan fingerprint density at radius 3 is 2.89 bits per heavy atom. The van der Waals surface area contributed by atoms with Gasteiger partial charge in [0.05, 0.1) is 16.4 Å². The van der Waals surface area contributed by atoms with E-state index in [4.69, 9.17) is 16.3 Å². The third-order valence-corrected chi connectivity index (χ3v) is 3.28. The fourth-order valence-corrected chi connectivity index (χ4v) is 2.45. The fraction of sp³-hybridized carbons (Fsp3) is 0.500. The van der Waals surface area contributed by atoms with Gasteiger partial charge in [-0.25, -0.2) is 4.98 Å². The zero-order valence-corrected chi connectivity index (χ0v) is 11.9. The molecular formula is C14H19ClN2O. The van der Waals surface area contributed by atoms with Gasteiger partial charge in [-0.15, -0.1) is 11.6 Å². The lowest BCUT2D eigenvalue weighted by Crippen LogP contribution is -2.07. The van der Waals surface area contributed by atoms with Crippen LogP contribution in [-0.2, 0) is 11.3 Å². The minimum absolute atomic E-state index is 0.0839. The molecule has 1 unspecified atom stereocenters. The number of hydrogen-bond donors (Lipinski definition) is 0. The van der Waals surface area contributed by atoms with E-state index >= 15 is 0 Å². The number of para-hydroxylation sites is 1. The number of halogens is 1. The van der Waals surface area contributed by atoms with Gasteiger partial charge >= 0.3 is 0 Å². The van der Waals surface area contributed by atoms with E-state index in [1.54, 1.807) is 7.11 Å². The molecule has 0 aliphatic rings. The summed E-state index contributed by atoms with van der Waals surface area (Å²) in [5.74, 6) is 0.942. The topological polar surface area (TPSA) is 27.1 Å². The lowest BCUT2D eigenvalue weighted by Gasteiger charge is -2.11. The quantitative estimate of drug-likeness (QED) is 0.610. The molecule has 0 spiro atoms. The number of imidazole rings is 1. The number of ether oxygens (including phenoxy) is 1. The number of hydrogen-bond acceptors (Lipinski definition) is 2. The van der Waals surface area contributed by atoms with Gasteiger partial charge < -0.3 is 9.30 Å². The Balaban J connectivity index is 2.47. The first kappa shape index (κ1) is 13.4. The molecule has 0 amide bonds. The maximum absolute atomic E-state index is 6.23. The Morgan fingerprint density at radius 1 is 1.44 bits per heavy atom. The van der Waals surface area contributed by atoms with Crippen LogP contribution in [0.1, 0.15) is 30.1 Å². The Labute approximate surface area is 113 Å². The summed E-state index contributed by atoms with van der Waals surface area (Å²) in [6.45, 7) is 5.72. The van der Waals surface area contributed by atoms with Crippen LogP contribution in [0.3, 0.4) is 0 Å². The minimum atomic E-state index is -0.0839. The van der Waals surface area contributed by atoms with Crippen molar-refractivity contribution in [3.8, 4) is 0 Å². The Bertz CT molecular complexity index is 534. The van der Waals surface area contributed by atoms with Gasteiger partial charge in [0.1, 0.15) is 5.82 Å². The lowest BCUT2D eigenvalue weighted by molar-refractivity contribution is 0.190. The van der Waals surface area contributed by atoms with E-state index in [9.17, 15) is 0 Å². The summed E-state index contributed by atoms with van der Waals surface area (Å²) in [7, 11) is 1.72. The monoisotopic (exact) mass is 266 g/mol. The second-order valence-corrected chi connectivity index (χ2v) is 5.18. The van der Waals surface area contributed by atoms with Crippen molar-refractivity contribution in [3.05, 3.63) is 29.6 Å². The largest absolute Gasteiger partial charge is 0.385 e. The second kappa shape index (κ2) is 5.72. The molecule has 0 aliphatic heterocycles. The van der Waals surface area contributed by atoms with Crippen LogP contribution in [-0.4, -0.2) is 23.3 Å². The van der Waals surface area contributed by atoms with E-state index < -0.39 is 0 Å². The average molecular weight is 267 g/mol. The van der Waals surface area contributed by atoms with Gasteiger partial charge in [-0.05, 0) is 31.9 Å². The third kappa shape index (κ3) is 2.52. The average Bonchev–Trinajstić information content (AvgIpc) is 2.70. The molecule has 0 radical (unpaired) electrons. The number of benzene rings is 1. The van der Waals surface area contributed by atoms with E-state index in [2.05, 4.69) is 22.5 Å². The Kier molecular flexibility index (Phi) is 4.25. The van der Waals surface area contributed by atoms with Crippen molar-refractivity contribution >= 4 is 22.6 Å². The van der Waals surface area contributed by atoms with Crippen LogP contribution < -0.4 is 0 Å². The number of methoxy groups -OCH3 is 1. The molecule has 3 nitrogen and oxygen atoms in total. The number of nitrogens with zero attached hydrogens (tertiary/aromatic N) is 2. The van der Waals surface area contributed by atoms with Crippen LogP contribution in [0.5, 0.6) is 0 Å². The smallest absolute Gasteiger partial charge is 0.127 e. The molecule has 0 saturated heterocycles. The summed E-state index contributed by atoms with van der Waals surface area (Å²) in [6, 6.07) is 6.18. The molecule has 1 aromatic carbocycles. The van der Waals surface area contributed by atoms with Crippen LogP contribution >= 0.6 is 11.6 Å². The molecule has 0 aliphatic carbocycles. The summed E-state index contributed by atoms with van der Waals surface area (Å²) in [4.78, 5) is 4.64. The summed E-state index contributed by atoms with van der Waals surface area (Å²) in [5.41, 5.74) is 3.45. The van der Waals surface area contributed by atoms with E-state index in [1.807, 2.05) is 19.1 Å². The van der Waals surface area contributed by atoms with Gasteiger partial charge in [0.25, 0.3) is 0 Å². The van der Waals surface area contributed by atoms with Crippen molar-refractivity contribution < 1.29 is 4.74 Å². The number of alkyl halides is 1. The van der Waals surface area contributed by atoms with Crippen LogP contribution in [0.25, 0.3) is 11.0 Å². The summed E-state index contributed by atoms with van der Waals surface area (Å²) >= 11 is 6.23. The first-order chi connectivity index (χ1) is 8.65. The molecule has 0 N–H and O–H groups in total. The molecule has 2 aromatic rings. The predicted molar refractivity (Wildman–Crippen MR) is 75.2 cm³/mol. The highest BCUT2D eigenvalue weighted by molar-refractivity contribution is 6.20. The standard InChI is InChI=1S/C14H19ClN2O/c1-10-6-4-7-12-13(10)17(8-5-9-18-3)14(16-12)11(2)15/h4,6-7,11H,5,8-9H2,1-3H3. The molecule has 98 valence electrons. The van der Waals surface area contributed by atoms with Crippen LogP contribution in [0.4, 0.5) is 0 Å². The maximum Gasteiger partial charge on any atom is 0.127 e. The number of rotatable bonds is 5. The Hall–Kier alpha value is -1.06. The first-order valence-corrected chi connectivity index (χ1v) is 6.67. The normalized spacial score (nSPS) is 13.1. The number of aromatic nitrogens is 2. The van der Waals surface area contributed by atoms with E-state index in [0.29, 0.717) is 0 Å². The van der Waals surface area contributed by atoms with Crippen LogP contribution in [0, 0.1) is 6.92 Å². The molecule has 18 heavy (non-hydrogen) atoms. The van der Waals surface area contributed by atoms with E-state index in [0.717, 1.165) is 30.9 Å². The molecule has 2 rings (SSSR count). The summed E-state index contributed by atoms with van der Waals surface area (Å²) < 4.78 is 7.34. The zero-order chi connectivity index (χ0) is 13.1. The van der Waals surface area contributed by atoms with Crippen molar-refractivity contribution in [2.24, 2.45) is 0 Å². The van der Waals surface area contributed by atoms with Gasteiger partial charge in [0.2, 0.25) is 0 Å². The molecule has 1 atom stereocenters. The highest BCUT2D eigenvalue weighted by Crippen LogP contribution is 2.26. The summed E-state index contributed by atoms with van der Waals surface area (Å²) in [5, 5.41) is -0.0839. The second-order valence-electron chi connectivity index (χ2n) is 4.53. The molecule has 1 aromatic heterocycles. The third-order valence-electron chi connectivity index (χ3n) is 3.08. The molecule has 0 bridgehead atoms. The predicted octanol–water partition coefficient (Wildman–Crippen LogP) is 3.68. The van der Waals surface area contributed by atoms with Crippen LogP contribution in [0.2, 0.25) is 0 Å². The van der Waals surface area contributed by atoms with Crippen molar-refractivity contribution in [1.82, 2.24) is 9.55 Å².